The van der Waals surface area contributed by atoms with Gasteiger partial charge in [0, 0.05) is 18.8 Å². The van der Waals surface area contributed by atoms with Crippen molar-refractivity contribution in [3.05, 3.63) is 12.3 Å². The third-order valence-electron chi connectivity index (χ3n) is 3.37. The van der Waals surface area contributed by atoms with Crippen molar-refractivity contribution in [1.82, 2.24) is 4.90 Å². The second-order valence-corrected chi connectivity index (χ2v) is 4.74. The maximum atomic E-state index is 9.41. The van der Waals surface area contributed by atoms with Gasteiger partial charge in [-0.3, -0.25) is 0 Å². The van der Waals surface area contributed by atoms with Gasteiger partial charge >= 0.3 is 0 Å². The lowest BCUT2D eigenvalue weighted by molar-refractivity contribution is 0.137. The maximum absolute atomic E-state index is 9.41. The molecular weight excluding hydrogens is 174 g/mol. The number of likely N-dealkylation sites (tertiary alicyclic amines) is 1. The SMILES string of the molecule is C=C(C(C)O)N1CCC(C(C)C)CC1. The van der Waals surface area contributed by atoms with E-state index in [0.717, 1.165) is 30.6 Å². The molecule has 14 heavy (non-hydrogen) atoms. The van der Waals surface area contributed by atoms with Crippen LogP contribution in [0.25, 0.3) is 0 Å². The summed E-state index contributed by atoms with van der Waals surface area (Å²) in [5, 5.41) is 9.41. The van der Waals surface area contributed by atoms with Crippen LogP contribution in [-0.2, 0) is 0 Å². The first-order valence-corrected chi connectivity index (χ1v) is 5.64. The Balaban J connectivity index is 2.39. The van der Waals surface area contributed by atoms with Crippen LogP contribution >= 0.6 is 0 Å². The molecule has 0 aromatic carbocycles. The van der Waals surface area contributed by atoms with Crippen LogP contribution in [0.15, 0.2) is 12.3 Å². The molecule has 0 saturated carbocycles. The molecule has 0 bridgehead atoms. The zero-order valence-corrected chi connectivity index (χ0v) is 9.66. The number of nitrogens with zero attached hydrogens (tertiary/aromatic N) is 1. The Labute approximate surface area is 87.6 Å². The van der Waals surface area contributed by atoms with Gasteiger partial charge in [0.2, 0.25) is 0 Å². The van der Waals surface area contributed by atoms with Crippen molar-refractivity contribution in [2.45, 2.75) is 39.7 Å². The zero-order chi connectivity index (χ0) is 10.7. The molecule has 1 atom stereocenters. The summed E-state index contributed by atoms with van der Waals surface area (Å²) in [6, 6.07) is 0. The fourth-order valence-corrected chi connectivity index (χ4v) is 2.12. The van der Waals surface area contributed by atoms with Crippen molar-refractivity contribution in [2.24, 2.45) is 11.8 Å². The minimum absolute atomic E-state index is 0.398. The van der Waals surface area contributed by atoms with Crippen molar-refractivity contribution in [1.29, 1.82) is 0 Å². The van der Waals surface area contributed by atoms with Gasteiger partial charge in [-0.2, -0.15) is 0 Å². The Morgan fingerprint density at radius 2 is 1.79 bits per heavy atom. The van der Waals surface area contributed by atoms with E-state index in [1.165, 1.54) is 12.8 Å². The number of rotatable bonds is 3. The molecule has 0 spiro atoms. The maximum Gasteiger partial charge on any atom is 0.0902 e. The fourth-order valence-electron chi connectivity index (χ4n) is 2.12. The lowest BCUT2D eigenvalue weighted by atomic mass is 9.86. The van der Waals surface area contributed by atoms with Gasteiger partial charge in [-0.05, 0) is 31.6 Å². The van der Waals surface area contributed by atoms with Crippen LogP contribution in [0.4, 0.5) is 0 Å². The van der Waals surface area contributed by atoms with Crippen molar-refractivity contribution >= 4 is 0 Å². The molecule has 82 valence electrons. The number of aliphatic hydroxyl groups excluding tert-OH is 1. The molecule has 0 radical (unpaired) electrons. The van der Waals surface area contributed by atoms with E-state index in [1.54, 1.807) is 6.92 Å². The van der Waals surface area contributed by atoms with E-state index < -0.39 is 6.10 Å². The van der Waals surface area contributed by atoms with E-state index >= 15 is 0 Å². The van der Waals surface area contributed by atoms with E-state index in [9.17, 15) is 5.11 Å². The van der Waals surface area contributed by atoms with Crippen molar-refractivity contribution in [3.8, 4) is 0 Å². The van der Waals surface area contributed by atoms with E-state index in [2.05, 4.69) is 25.3 Å². The molecule has 2 heteroatoms. The summed E-state index contributed by atoms with van der Waals surface area (Å²) in [4.78, 5) is 2.23. The first-order chi connectivity index (χ1) is 6.52. The molecule has 0 aromatic rings. The van der Waals surface area contributed by atoms with Crippen molar-refractivity contribution < 1.29 is 5.11 Å². The van der Waals surface area contributed by atoms with Crippen molar-refractivity contribution in [3.63, 3.8) is 0 Å². The number of aliphatic hydroxyl groups is 1. The van der Waals surface area contributed by atoms with Crippen LogP contribution in [-0.4, -0.2) is 29.2 Å². The second-order valence-electron chi connectivity index (χ2n) is 4.74. The molecule has 1 rings (SSSR count). The topological polar surface area (TPSA) is 23.5 Å². The molecule has 1 heterocycles. The predicted molar refractivity (Wildman–Crippen MR) is 60.0 cm³/mol. The Hall–Kier alpha value is -0.500. The van der Waals surface area contributed by atoms with Crippen LogP contribution in [0.1, 0.15) is 33.6 Å². The summed E-state index contributed by atoms with van der Waals surface area (Å²) in [6.07, 6.45) is 2.08. The lowest BCUT2D eigenvalue weighted by Gasteiger charge is -2.37. The first kappa shape index (κ1) is 11.6. The quantitative estimate of drug-likeness (QED) is 0.750. The fraction of sp³-hybridized carbons (Fsp3) is 0.833. The second kappa shape index (κ2) is 4.83. The molecule has 1 fully saturated rings. The van der Waals surface area contributed by atoms with Crippen LogP contribution in [0.2, 0.25) is 0 Å². The summed E-state index contributed by atoms with van der Waals surface area (Å²) in [7, 11) is 0. The smallest absolute Gasteiger partial charge is 0.0902 e. The summed E-state index contributed by atoms with van der Waals surface area (Å²) in [5.74, 6) is 1.64. The highest BCUT2D eigenvalue weighted by molar-refractivity contribution is 5.00. The standard InChI is InChI=1S/C12H23NO/c1-9(2)12-5-7-13(8-6-12)10(3)11(4)14/h9,11-12,14H,3,5-8H2,1-2,4H3. The number of hydrogen-bond donors (Lipinski definition) is 1. The van der Waals surface area contributed by atoms with E-state index in [4.69, 9.17) is 0 Å². The van der Waals surface area contributed by atoms with Crippen molar-refractivity contribution in [2.75, 3.05) is 13.1 Å². The van der Waals surface area contributed by atoms with Gasteiger partial charge in [-0.25, -0.2) is 0 Å². The van der Waals surface area contributed by atoms with Crippen LogP contribution in [0.5, 0.6) is 0 Å². The minimum atomic E-state index is -0.398. The Morgan fingerprint density at radius 1 is 1.29 bits per heavy atom. The summed E-state index contributed by atoms with van der Waals surface area (Å²) in [5.41, 5.74) is 0.882. The highest BCUT2D eigenvalue weighted by Crippen LogP contribution is 2.26. The Morgan fingerprint density at radius 3 is 2.14 bits per heavy atom. The Kier molecular flexibility index (Phi) is 3.99. The number of piperidine rings is 1. The molecule has 2 nitrogen and oxygen atoms in total. The lowest BCUT2D eigenvalue weighted by Crippen LogP contribution is -2.37. The van der Waals surface area contributed by atoms with Gasteiger partial charge in [-0.15, -0.1) is 0 Å². The molecule has 1 aliphatic heterocycles. The molecule has 1 saturated heterocycles. The summed E-state index contributed by atoms with van der Waals surface area (Å²) >= 11 is 0. The average molecular weight is 197 g/mol. The van der Waals surface area contributed by atoms with E-state index in [-0.39, 0.29) is 0 Å². The minimum Gasteiger partial charge on any atom is -0.387 e. The molecule has 0 aromatic heterocycles. The number of hydrogen-bond acceptors (Lipinski definition) is 2. The third kappa shape index (κ3) is 2.74. The largest absolute Gasteiger partial charge is 0.387 e. The van der Waals surface area contributed by atoms with Gasteiger partial charge in [-0.1, -0.05) is 20.4 Å². The van der Waals surface area contributed by atoms with Gasteiger partial charge in [0.15, 0.2) is 0 Å². The first-order valence-electron chi connectivity index (χ1n) is 5.64. The summed E-state index contributed by atoms with van der Waals surface area (Å²) < 4.78 is 0. The van der Waals surface area contributed by atoms with E-state index in [1.807, 2.05) is 0 Å². The highest BCUT2D eigenvalue weighted by Gasteiger charge is 2.23. The summed E-state index contributed by atoms with van der Waals surface area (Å²) in [6.45, 7) is 12.4. The van der Waals surface area contributed by atoms with Gasteiger partial charge in [0.25, 0.3) is 0 Å². The molecule has 1 aliphatic rings. The molecule has 1 unspecified atom stereocenters. The van der Waals surface area contributed by atoms with Crippen LogP contribution < -0.4 is 0 Å². The highest BCUT2D eigenvalue weighted by atomic mass is 16.3. The average Bonchev–Trinajstić information content (AvgIpc) is 2.16. The third-order valence-corrected chi connectivity index (χ3v) is 3.37. The monoisotopic (exact) mass is 197 g/mol. The Bertz CT molecular complexity index is 190. The molecule has 0 aliphatic carbocycles. The van der Waals surface area contributed by atoms with E-state index in [0.29, 0.717) is 0 Å². The van der Waals surface area contributed by atoms with Gasteiger partial charge in [0.05, 0.1) is 6.10 Å². The van der Waals surface area contributed by atoms with Crippen LogP contribution in [0.3, 0.4) is 0 Å². The molecular formula is C12H23NO. The predicted octanol–water partition coefficient (Wildman–Crippen LogP) is 2.25. The molecule has 0 amide bonds. The zero-order valence-electron chi connectivity index (χ0n) is 9.66. The molecule has 1 N–H and O–H groups in total. The normalized spacial score (nSPS) is 21.4. The van der Waals surface area contributed by atoms with Crippen LogP contribution in [0, 0.1) is 11.8 Å². The van der Waals surface area contributed by atoms with Gasteiger partial charge in [0.1, 0.15) is 0 Å². The van der Waals surface area contributed by atoms with Gasteiger partial charge < -0.3 is 10.0 Å².